The van der Waals surface area contributed by atoms with Gasteiger partial charge in [-0.15, -0.1) is 0 Å². The van der Waals surface area contributed by atoms with Crippen molar-refractivity contribution in [2.24, 2.45) is 0 Å². The standard InChI is InChI=1S/C18H30N4O2/c1-14-12-16(7-8-17(23)21(2)3)20-18(19-14)15-6-5-9-22(13-15)10-11-24-4/h12,15H,5-11,13H2,1-4H3/t15-/m0/s1. The van der Waals surface area contributed by atoms with Crippen molar-refractivity contribution in [1.29, 1.82) is 0 Å². The molecule has 6 nitrogen and oxygen atoms in total. The maximum atomic E-state index is 11.8. The molecule has 0 bridgehead atoms. The molecule has 0 spiro atoms. The van der Waals surface area contributed by atoms with Crippen LogP contribution in [0.1, 0.15) is 42.4 Å². The second kappa shape index (κ2) is 9.08. The van der Waals surface area contributed by atoms with E-state index in [0.29, 0.717) is 18.8 Å². The molecule has 2 rings (SSSR count). The largest absolute Gasteiger partial charge is 0.383 e. The molecule has 0 unspecified atom stereocenters. The van der Waals surface area contributed by atoms with Crippen molar-refractivity contribution in [2.45, 2.75) is 38.5 Å². The summed E-state index contributed by atoms with van der Waals surface area (Å²) in [5.41, 5.74) is 1.96. The first-order valence-corrected chi connectivity index (χ1v) is 8.75. The lowest BCUT2D eigenvalue weighted by molar-refractivity contribution is -0.128. The molecule has 1 atom stereocenters. The van der Waals surface area contributed by atoms with Gasteiger partial charge in [0.15, 0.2) is 0 Å². The second-order valence-corrected chi connectivity index (χ2v) is 6.78. The van der Waals surface area contributed by atoms with Gasteiger partial charge in [-0.1, -0.05) is 0 Å². The number of aryl methyl sites for hydroxylation is 2. The summed E-state index contributed by atoms with van der Waals surface area (Å²) in [6, 6.07) is 2.00. The first kappa shape index (κ1) is 18.8. The Morgan fingerprint density at radius 1 is 1.42 bits per heavy atom. The van der Waals surface area contributed by atoms with Crippen LogP contribution in [0.3, 0.4) is 0 Å². The number of ether oxygens (including phenoxy) is 1. The number of likely N-dealkylation sites (tertiary alicyclic amines) is 1. The number of hydrogen-bond donors (Lipinski definition) is 0. The highest BCUT2D eigenvalue weighted by Crippen LogP contribution is 2.25. The van der Waals surface area contributed by atoms with Gasteiger partial charge in [-0.05, 0) is 38.8 Å². The smallest absolute Gasteiger partial charge is 0.222 e. The van der Waals surface area contributed by atoms with Crippen LogP contribution in [0, 0.1) is 6.92 Å². The molecule has 1 fully saturated rings. The number of methoxy groups -OCH3 is 1. The molecule has 0 radical (unpaired) electrons. The molecule has 24 heavy (non-hydrogen) atoms. The Bertz CT molecular complexity index is 548. The average molecular weight is 334 g/mol. The maximum absolute atomic E-state index is 11.8. The van der Waals surface area contributed by atoms with E-state index in [1.54, 1.807) is 26.1 Å². The fourth-order valence-corrected chi connectivity index (χ4v) is 3.12. The summed E-state index contributed by atoms with van der Waals surface area (Å²) in [6.45, 7) is 5.84. The van der Waals surface area contributed by atoms with Crippen LogP contribution in [-0.4, -0.2) is 73.1 Å². The van der Waals surface area contributed by atoms with Gasteiger partial charge in [0.05, 0.1) is 6.61 Å². The van der Waals surface area contributed by atoms with E-state index in [1.165, 1.54) is 6.42 Å². The zero-order chi connectivity index (χ0) is 17.5. The molecule has 1 aliphatic rings. The third kappa shape index (κ3) is 5.53. The van der Waals surface area contributed by atoms with Crippen LogP contribution in [0.15, 0.2) is 6.07 Å². The molecule has 1 aliphatic heterocycles. The van der Waals surface area contributed by atoms with Crippen LogP contribution in [0.25, 0.3) is 0 Å². The minimum atomic E-state index is 0.135. The highest BCUT2D eigenvalue weighted by molar-refractivity contribution is 5.75. The number of carbonyl (C=O) groups is 1. The molecule has 0 aromatic carbocycles. The highest BCUT2D eigenvalue weighted by Gasteiger charge is 2.23. The Kier molecular flexibility index (Phi) is 7.12. The van der Waals surface area contributed by atoms with E-state index in [9.17, 15) is 4.79 Å². The minimum Gasteiger partial charge on any atom is -0.383 e. The number of hydrogen-bond acceptors (Lipinski definition) is 5. The normalized spacial score (nSPS) is 18.6. The first-order chi connectivity index (χ1) is 11.5. The quantitative estimate of drug-likeness (QED) is 0.758. The molecule has 1 aromatic rings. The van der Waals surface area contributed by atoms with Crippen LogP contribution in [-0.2, 0) is 16.0 Å². The summed E-state index contributed by atoms with van der Waals surface area (Å²) in [6.07, 6.45) is 3.46. The van der Waals surface area contributed by atoms with Gasteiger partial charge in [-0.3, -0.25) is 4.79 Å². The number of aromatic nitrogens is 2. The van der Waals surface area contributed by atoms with E-state index in [-0.39, 0.29) is 5.91 Å². The maximum Gasteiger partial charge on any atom is 0.222 e. The Balaban J connectivity index is 2.03. The Morgan fingerprint density at radius 3 is 2.92 bits per heavy atom. The molecule has 0 N–H and O–H groups in total. The summed E-state index contributed by atoms with van der Waals surface area (Å²) >= 11 is 0. The van der Waals surface area contributed by atoms with Crippen molar-refractivity contribution in [3.05, 3.63) is 23.3 Å². The SMILES string of the molecule is COCCN1CCC[C@H](c2nc(C)cc(CCC(=O)N(C)C)n2)C1. The summed E-state index contributed by atoms with van der Waals surface area (Å²) in [4.78, 5) is 25.3. The van der Waals surface area contributed by atoms with Gasteiger partial charge >= 0.3 is 0 Å². The average Bonchev–Trinajstić information content (AvgIpc) is 2.57. The van der Waals surface area contributed by atoms with Crippen LogP contribution < -0.4 is 0 Å². The van der Waals surface area contributed by atoms with E-state index in [1.807, 2.05) is 13.0 Å². The summed E-state index contributed by atoms with van der Waals surface area (Å²) in [7, 11) is 5.32. The van der Waals surface area contributed by atoms with Crippen LogP contribution in [0.2, 0.25) is 0 Å². The number of nitrogens with zero attached hydrogens (tertiary/aromatic N) is 4. The first-order valence-electron chi connectivity index (χ1n) is 8.75. The predicted octanol–water partition coefficient (Wildman–Crippen LogP) is 1.63. The van der Waals surface area contributed by atoms with Gasteiger partial charge in [-0.25, -0.2) is 9.97 Å². The Labute approximate surface area is 145 Å². The third-order valence-electron chi connectivity index (χ3n) is 4.50. The fourth-order valence-electron chi connectivity index (χ4n) is 3.12. The lowest BCUT2D eigenvalue weighted by Gasteiger charge is -2.31. The monoisotopic (exact) mass is 334 g/mol. The molecule has 134 valence electrons. The zero-order valence-corrected chi connectivity index (χ0v) is 15.4. The molecule has 2 heterocycles. The van der Waals surface area contributed by atoms with E-state index in [4.69, 9.17) is 9.72 Å². The van der Waals surface area contributed by atoms with Crippen molar-refractivity contribution in [1.82, 2.24) is 19.8 Å². The summed E-state index contributed by atoms with van der Waals surface area (Å²) in [5.74, 6) is 1.44. The number of carbonyl (C=O) groups excluding carboxylic acids is 1. The lowest BCUT2D eigenvalue weighted by atomic mass is 9.97. The molecule has 6 heteroatoms. The summed E-state index contributed by atoms with van der Waals surface area (Å²) < 4.78 is 5.19. The van der Waals surface area contributed by atoms with Gasteiger partial charge < -0.3 is 14.5 Å². The Morgan fingerprint density at radius 2 is 2.21 bits per heavy atom. The molecular weight excluding hydrogens is 304 g/mol. The molecule has 0 saturated carbocycles. The molecule has 1 saturated heterocycles. The van der Waals surface area contributed by atoms with Gasteiger partial charge in [0.1, 0.15) is 5.82 Å². The van der Waals surface area contributed by atoms with Gasteiger partial charge in [-0.2, -0.15) is 0 Å². The second-order valence-electron chi connectivity index (χ2n) is 6.78. The predicted molar refractivity (Wildman–Crippen MR) is 94.1 cm³/mol. The lowest BCUT2D eigenvalue weighted by Crippen LogP contribution is -2.37. The van der Waals surface area contributed by atoms with Crippen LogP contribution >= 0.6 is 0 Å². The van der Waals surface area contributed by atoms with Crippen LogP contribution in [0.4, 0.5) is 0 Å². The topological polar surface area (TPSA) is 58.6 Å². The Hall–Kier alpha value is -1.53. The van der Waals surface area contributed by atoms with E-state index < -0.39 is 0 Å². The zero-order valence-electron chi connectivity index (χ0n) is 15.4. The van der Waals surface area contributed by atoms with Gasteiger partial charge in [0.2, 0.25) is 5.91 Å². The van der Waals surface area contributed by atoms with Crippen molar-refractivity contribution >= 4 is 5.91 Å². The fraction of sp³-hybridized carbons (Fsp3) is 0.722. The number of rotatable bonds is 7. The minimum absolute atomic E-state index is 0.135. The number of piperidine rings is 1. The highest BCUT2D eigenvalue weighted by atomic mass is 16.5. The van der Waals surface area contributed by atoms with Crippen molar-refractivity contribution in [2.75, 3.05) is 47.4 Å². The third-order valence-corrected chi connectivity index (χ3v) is 4.50. The van der Waals surface area contributed by atoms with Gasteiger partial charge in [0, 0.05) is 58.0 Å². The van der Waals surface area contributed by atoms with Gasteiger partial charge in [0.25, 0.3) is 0 Å². The molecular formula is C18H30N4O2. The molecule has 0 aliphatic carbocycles. The number of amides is 1. The van der Waals surface area contributed by atoms with Crippen molar-refractivity contribution in [3.63, 3.8) is 0 Å². The van der Waals surface area contributed by atoms with E-state index in [2.05, 4.69) is 9.88 Å². The van der Waals surface area contributed by atoms with Crippen molar-refractivity contribution < 1.29 is 9.53 Å². The van der Waals surface area contributed by atoms with E-state index in [0.717, 1.165) is 49.9 Å². The van der Waals surface area contributed by atoms with E-state index >= 15 is 0 Å². The van der Waals surface area contributed by atoms with Crippen molar-refractivity contribution in [3.8, 4) is 0 Å². The van der Waals surface area contributed by atoms with Crippen LogP contribution in [0.5, 0.6) is 0 Å². The summed E-state index contributed by atoms with van der Waals surface area (Å²) in [5, 5.41) is 0. The molecule has 1 aromatic heterocycles. The molecule has 1 amide bonds.